The number of hydrogen-bond donors (Lipinski definition) is 0. The lowest BCUT2D eigenvalue weighted by Crippen LogP contribution is -2.06. The van der Waals surface area contributed by atoms with Crippen LogP contribution >= 0.6 is 0 Å². The van der Waals surface area contributed by atoms with Crippen LogP contribution in [0, 0.1) is 31.1 Å². The highest BCUT2D eigenvalue weighted by atomic mass is 16.1. The fourth-order valence-corrected chi connectivity index (χ4v) is 11.6. The molecule has 0 N–H and O–H groups in total. The Kier molecular flexibility index (Phi) is 28.4. The predicted molar refractivity (Wildman–Crippen MR) is 317 cm³/mol. The molecular formula is C71H100O. The van der Waals surface area contributed by atoms with Crippen LogP contribution in [0.1, 0.15) is 271 Å². The Labute approximate surface area is 443 Å². The summed E-state index contributed by atoms with van der Waals surface area (Å²) in [6, 6.07) is 34.8. The number of carbonyl (C=O) groups excluding carboxylic acids is 1. The number of rotatable bonds is 39. The minimum absolute atomic E-state index is 0.0951. The molecule has 0 spiro atoms. The van der Waals surface area contributed by atoms with Crippen molar-refractivity contribution in [3.63, 3.8) is 0 Å². The van der Waals surface area contributed by atoms with Crippen molar-refractivity contribution in [1.82, 2.24) is 0 Å². The van der Waals surface area contributed by atoms with Gasteiger partial charge in [0, 0.05) is 27.9 Å². The van der Waals surface area contributed by atoms with Gasteiger partial charge in [0.2, 0.25) is 0 Å². The lowest BCUT2D eigenvalue weighted by molar-refractivity contribution is -0.108. The van der Waals surface area contributed by atoms with Gasteiger partial charge in [0.15, 0.2) is 5.78 Å². The van der Waals surface area contributed by atoms with E-state index in [0.29, 0.717) is 11.8 Å². The minimum Gasteiger partial charge on any atom is -0.289 e. The zero-order valence-corrected chi connectivity index (χ0v) is 46.7. The van der Waals surface area contributed by atoms with Crippen LogP contribution in [0.25, 0.3) is 22.3 Å². The summed E-state index contributed by atoms with van der Waals surface area (Å²) in [5.74, 6) is 4.30. The van der Waals surface area contributed by atoms with Crippen molar-refractivity contribution in [2.45, 2.75) is 247 Å². The van der Waals surface area contributed by atoms with Gasteiger partial charge >= 0.3 is 0 Å². The number of unbranched alkanes of at least 4 members (excludes halogenated alkanes) is 25. The zero-order valence-electron chi connectivity index (χ0n) is 46.7. The summed E-state index contributed by atoms with van der Waals surface area (Å²) in [4.78, 5) is 15.5. The van der Waals surface area contributed by atoms with Crippen molar-refractivity contribution in [2.75, 3.05) is 0 Å². The number of aryl methyl sites for hydroxylation is 1. The van der Waals surface area contributed by atoms with Crippen molar-refractivity contribution in [1.29, 1.82) is 0 Å². The van der Waals surface area contributed by atoms with Gasteiger partial charge in [-0.3, -0.25) is 4.79 Å². The van der Waals surface area contributed by atoms with Crippen molar-refractivity contribution >= 4 is 28.1 Å². The summed E-state index contributed by atoms with van der Waals surface area (Å²) in [5, 5.41) is 0. The quantitative estimate of drug-likeness (QED) is 0.0322. The van der Waals surface area contributed by atoms with E-state index in [1.54, 1.807) is 0 Å². The highest BCUT2D eigenvalue weighted by molar-refractivity contribution is 6.59. The summed E-state index contributed by atoms with van der Waals surface area (Å²) in [6.45, 7) is 11.6. The van der Waals surface area contributed by atoms with Gasteiger partial charge in [0.1, 0.15) is 0 Å². The Hall–Kier alpha value is -4.41. The van der Waals surface area contributed by atoms with Crippen molar-refractivity contribution < 1.29 is 4.79 Å². The Morgan fingerprint density at radius 3 is 1.33 bits per heavy atom. The van der Waals surface area contributed by atoms with Crippen LogP contribution in [0.3, 0.4) is 0 Å². The molecule has 0 saturated heterocycles. The van der Waals surface area contributed by atoms with Gasteiger partial charge < -0.3 is 0 Å². The standard InChI is InChI=1S/C71H100O/c1-7-11-14-17-20-23-25-27-30-34-40-57(5)53-64-51-52-66(54-58(64)6)70-68(65-46-39-43-59(10-4)56-65)67(62-44-37-33-38-45-62)69(71(70)72)63-49-47-61(48-50-63)55-60(41-35-31-28-22-19-16-13-9-3)42-36-32-29-26-24-21-18-15-12-8-2/h4,33,37-39,43-52,54,56-57,60H,7-9,11-32,34-36,40-42,53,55H2,1-3,5-6H3. The maximum atomic E-state index is 15.5. The van der Waals surface area contributed by atoms with Gasteiger partial charge in [-0.05, 0) is 82.7 Å². The number of benzene rings is 4. The maximum absolute atomic E-state index is 15.5. The normalized spacial score (nSPS) is 13.6. The SMILES string of the molecule is C#Cc1cccc(C2=C(c3ccc(CC(C)CCCCCCCCCCCC)c(C)c3)C(=O)C(c3ccc(CC(CCCCCCCCCC)CCCCCCCCCCCC)cc3)=C2c2ccccc2)c1. The molecule has 72 heavy (non-hydrogen) atoms. The summed E-state index contributed by atoms with van der Waals surface area (Å²) in [5.41, 5.74) is 12.4. The topological polar surface area (TPSA) is 17.1 Å². The van der Waals surface area contributed by atoms with E-state index in [9.17, 15) is 0 Å². The second-order valence-electron chi connectivity index (χ2n) is 22.3. The fraction of sp³-hybridized carbons (Fsp3) is 0.563. The smallest absolute Gasteiger partial charge is 0.195 e. The van der Waals surface area contributed by atoms with Crippen LogP contribution in [-0.2, 0) is 17.6 Å². The van der Waals surface area contributed by atoms with E-state index in [0.717, 1.165) is 63.0 Å². The van der Waals surface area contributed by atoms with Crippen LogP contribution in [0.4, 0.5) is 0 Å². The first-order valence-electron chi connectivity index (χ1n) is 30.2. The Balaban J connectivity index is 1.34. The molecule has 0 radical (unpaired) electrons. The average Bonchev–Trinajstić information content (AvgIpc) is 3.71. The van der Waals surface area contributed by atoms with E-state index in [2.05, 4.69) is 125 Å². The molecule has 1 nitrogen and oxygen atoms in total. The maximum Gasteiger partial charge on any atom is 0.195 e. The lowest BCUT2D eigenvalue weighted by Gasteiger charge is -2.18. The third kappa shape index (κ3) is 20.1. The Bertz CT molecular complexity index is 2230. The monoisotopic (exact) mass is 969 g/mol. The third-order valence-corrected chi connectivity index (χ3v) is 16.0. The van der Waals surface area contributed by atoms with E-state index in [4.69, 9.17) is 6.42 Å². The van der Waals surface area contributed by atoms with Crippen molar-refractivity contribution in [2.24, 2.45) is 11.8 Å². The first kappa shape index (κ1) is 58.5. The third-order valence-electron chi connectivity index (χ3n) is 16.0. The molecule has 0 amide bonds. The predicted octanol–water partition coefficient (Wildman–Crippen LogP) is 21.6. The molecule has 1 aliphatic rings. The van der Waals surface area contributed by atoms with Gasteiger partial charge in [-0.15, -0.1) is 6.42 Å². The van der Waals surface area contributed by atoms with E-state index < -0.39 is 0 Å². The summed E-state index contributed by atoms with van der Waals surface area (Å²) in [7, 11) is 0. The second-order valence-corrected chi connectivity index (χ2v) is 22.3. The highest BCUT2D eigenvalue weighted by Crippen LogP contribution is 2.50. The van der Waals surface area contributed by atoms with Gasteiger partial charge in [-0.2, -0.15) is 0 Å². The minimum atomic E-state index is 0.0951. The van der Waals surface area contributed by atoms with E-state index in [1.807, 2.05) is 12.1 Å². The zero-order chi connectivity index (χ0) is 51.0. The molecule has 1 heteroatoms. The van der Waals surface area contributed by atoms with Crippen LogP contribution in [0.15, 0.2) is 97.1 Å². The summed E-state index contributed by atoms with van der Waals surface area (Å²) in [6.07, 6.45) is 50.7. The first-order chi connectivity index (χ1) is 35.4. The van der Waals surface area contributed by atoms with Crippen LogP contribution < -0.4 is 0 Å². The molecular weight excluding hydrogens is 869 g/mol. The summed E-state index contributed by atoms with van der Waals surface area (Å²) < 4.78 is 0. The molecule has 4 aromatic carbocycles. The van der Waals surface area contributed by atoms with Crippen LogP contribution in [0.5, 0.6) is 0 Å². The molecule has 1 aliphatic carbocycles. The molecule has 0 aliphatic heterocycles. The van der Waals surface area contributed by atoms with Crippen LogP contribution in [-0.4, -0.2) is 5.78 Å². The number of Topliss-reactive ketones (excluding diaryl/α,β-unsaturated/α-hetero) is 1. The Morgan fingerprint density at radius 2 is 0.833 bits per heavy atom. The Morgan fingerprint density at radius 1 is 0.417 bits per heavy atom. The average molecular weight is 970 g/mol. The fourth-order valence-electron chi connectivity index (χ4n) is 11.6. The number of terminal acetylenes is 1. The largest absolute Gasteiger partial charge is 0.289 e. The summed E-state index contributed by atoms with van der Waals surface area (Å²) >= 11 is 0. The number of carbonyl (C=O) groups is 1. The molecule has 0 fully saturated rings. The van der Waals surface area contributed by atoms with Crippen molar-refractivity contribution in [3.05, 3.63) is 142 Å². The van der Waals surface area contributed by atoms with Gasteiger partial charge in [0.25, 0.3) is 0 Å². The molecule has 2 unspecified atom stereocenters. The van der Waals surface area contributed by atoms with Crippen LogP contribution in [0.2, 0.25) is 0 Å². The molecule has 2 atom stereocenters. The van der Waals surface area contributed by atoms with Gasteiger partial charge in [-0.1, -0.05) is 318 Å². The number of hydrogen-bond acceptors (Lipinski definition) is 1. The molecule has 5 rings (SSSR count). The molecule has 390 valence electrons. The molecule has 0 bridgehead atoms. The molecule has 0 aromatic heterocycles. The van der Waals surface area contributed by atoms with E-state index in [1.165, 1.54) is 216 Å². The number of ketones is 1. The molecule has 4 aromatic rings. The van der Waals surface area contributed by atoms with Gasteiger partial charge in [-0.25, -0.2) is 0 Å². The van der Waals surface area contributed by atoms with E-state index >= 15 is 4.79 Å². The molecule has 0 saturated carbocycles. The van der Waals surface area contributed by atoms with Crippen molar-refractivity contribution in [3.8, 4) is 12.3 Å². The first-order valence-corrected chi connectivity index (χ1v) is 30.2. The van der Waals surface area contributed by atoms with E-state index in [-0.39, 0.29) is 5.78 Å². The number of allylic oxidation sites excluding steroid dienone is 4. The van der Waals surface area contributed by atoms with Gasteiger partial charge in [0.05, 0.1) is 0 Å². The second kappa shape index (κ2) is 34.9. The highest BCUT2D eigenvalue weighted by Gasteiger charge is 2.36. The molecule has 0 heterocycles. The lowest BCUT2D eigenvalue weighted by atomic mass is 9.87.